The van der Waals surface area contributed by atoms with Crippen LogP contribution in [0, 0.1) is 0 Å². The smallest absolute Gasteiger partial charge is 0.272 e. The average molecular weight is 767 g/mol. The van der Waals surface area contributed by atoms with Crippen LogP contribution in [0.15, 0.2) is 118 Å². The minimum atomic E-state index is -0.558. The van der Waals surface area contributed by atoms with Crippen LogP contribution in [0.5, 0.6) is 0 Å². The highest BCUT2D eigenvalue weighted by molar-refractivity contribution is 9.10. The first kappa shape index (κ1) is 34.4. The van der Waals surface area contributed by atoms with E-state index in [-0.39, 0.29) is 11.6 Å². The molecule has 12 heteroatoms. The first-order chi connectivity index (χ1) is 22.7. The fraction of sp³-hybridized carbons (Fsp3) is 0.0857. The normalized spacial score (nSPS) is 11.9. The van der Waals surface area contributed by atoms with Gasteiger partial charge in [0.1, 0.15) is 5.70 Å². The van der Waals surface area contributed by atoms with Crippen LogP contribution >= 0.6 is 62.2 Å². The lowest BCUT2D eigenvalue weighted by Crippen LogP contribution is -2.30. The van der Waals surface area contributed by atoms with Gasteiger partial charge in [-0.25, -0.2) is 4.98 Å². The highest BCUT2D eigenvalue weighted by atomic mass is 79.9. The van der Waals surface area contributed by atoms with Crippen molar-refractivity contribution in [2.24, 2.45) is 0 Å². The summed E-state index contributed by atoms with van der Waals surface area (Å²) in [4.78, 5) is 45.1. The quantitative estimate of drug-likeness (QED) is 0.0919. The van der Waals surface area contributed by atoms with Crippen molar-refractivity contribution in [3.05, 3.63) is 134 Å². The predicted octanol–water partition coefficient (Wildman–Crippen LogP) is 9.80. The molecule has 1 heterocycles. The Hall–Kier alpha value is -3.93. The molecule has 3 amide bonds. The number of hydrogen-bond donors (Lipinski definition) is 3. The minimum Gasteiger partial charge on any atom is -0.321 e. The van der Waals surface area contributed by atoms with Crippen LogP contribution in [-0.4, -0.2) is 28.0 Å². The van der Waals surface area contributed by atoms with Gasteiger partial charge in [0.05, 0.1) is 10.9 Å². The number of anilines is 2. The third-order valence-corrected chi connectivity index (χ3v) is 9.91. The Morgan fingerprint density at radius 2 is 1.70 bits per heavy atom. The summed E-state index contributed by atoms with van der Waals surface area (Å²) in [5.74, 6) is -1.18. The molecule has 0 aliphatic rings. The first-order valence-corrected chi connectivity index (χ1v) is 17.6. The highest BCUT2D eigenvalue weighted by Crippen LogP contribution is 2.31. The number of nitrogens with one attached hydrogen (secondary N) is 3. The fourth-order valence-electron chi connectivity index (χ4n) is 4.32. The number of carbonyl (C=O) groups is 3. The molecule has 7 nitrogen and oxygen atoms in total. The molecule has 0 radical (unpaired) electrons. The number of benzene rings is 4. The summed E-state index contributed by atoms with van der Waals surface area (Å²) in [5, 5.41) is 11.3. The second-order valence-electron chi connectivity index (χ2n) is 10.1. The van der Waals surface area contributed by atoms with E-state index in [0.29, 0.717) is 38.4 Å². The van der Waals surface area contributed by atoms with Gasteiger partial charge in [0.15, 0.2) is 5.13 Å². The number of halogens is 3. The molecule has 4 aromatic carbocycles. The monoisotopic (exact) mass is 764 g/mol. The number of thioether (sulfide) groups is 1. The van der Waals surface area contributed by atoms with Crippen molar-refractivity contribution in [3.63, 3.8) is 0 Å². The van der Waals surface area contributed by atoms with Gasteiger partial charge in [-0.1, -0.05) is 88.5 Å². The Bertz CT molecular complexity index is 1940. The molecular weight excluding hydrogens is 739 g/mol. The maximum absolute atomic E-state index is 13.5. The molecule has 238 valence electrons. The second kappa shape index (κ2) is 16.3. The van der Waals surface area contributed by atoms with Gasteiger partial charge >= 0.3 is 0 Å². The van der Waals surface area contributed by atoms with Crippen molar-refractivity contribution in [2.75, 3.05) is 10.6 Å². The Labute approximate surface area is 298 Å². The molecule has 0 aliphatic heterocycles. The van der Waals surface area contributed by atoms with E-state index < -0.39 is 17.1 Å². The maximum atomic E-state index is 13.5. The molecule has 0 fully saturated rings. The lowest BCUT2D eigenvalue weighted by Gasteiger charge is -2.15. The van der Waals surface area contributed by atoms with Gasteiger partial charge in [-0.05, 0) is 72.7 Å². The number of nitrogens with zero attached hydrogens (tertiary/aromatic N) is 1. The standard InChI is InChI=1S/C35H27BrCl2N4O3S2/c1-2-31(34(45)42-35-41-30(20-46-35)21-11-14-24(36)15-12-21)47-27-10-6-9-26(19-27)39-33(44)29(17-23-13-16-25(37)18-28(23)38)40-32(43)22-7-4-3-5-8-22/h3-20,31H,2H2,1H3,(H,39,44)(H,40,43)(H,41,42,45)/b29-17+. The lowest BCUT2D eigenvalue weighted by atomic mass is 10.1. The number of aromatic nitrogens is 1. The fourth-order valence-corrected chi connectivity index (χ4v) is 6.78. The van der Waals surface area contributed by atoms with Gasteiger partial charge in [0.25, 0.3) is 11.8 Å². The molecule has 0 spiro atoms. The minimum absolute atomic E-state index is 0.0158. The van der Waals surface area contributed by atoms with Crippen molar-refractivity contribution in [2.45, 2.75) is 23.5 Å². The summed E-state index contributed by atoms with van der Waals surface area (Å²) in [7, 11) is 0. The van der Waals surface area contributed by atoms with Crippen LogP contribution in [0.4, 0.5) is 10.8 Å². The number of amides is 3. The SMILES string of the molecule is CCC(Sc1cccc(NC(=O)/C(=C\c2ccc(Cl)cc2Cl)NC(=O)c2ccccc2)c1)C(=O)Nc1nc(-c2ccc(Br)cc2)cs1. The highest BCUT2D eigenvalue weighted by Gasteiger charge is 2.21. The number of rotatable bonds is 11. The number of carbonyl (C=O) groups excluding carboxylic acids is 3. The van der Waals surface area contributed by atoms with Crippen LogP contribution in [0.2, 0.25) is 10.0 Å². The van der Waals surface area contributed by atoms with Gasteiger partial charge in [-0.2, -0.15) is 0 Å². The lowest BCUT2D eigenvalue weighted by molar-refractivity contribution is -0.116. The molecule has 0 saturated carbocycles. The van der Waals surface area contributed by atoms with E-state index in [9.17, 15) is 14.4 Å². The number of thiazole rings is 1. The summed E-state index contributed by atoms with van der Waals surface area (Å²) in [5.41, 5.74) is 3.10. The van der Waals surface area contributed by atoms with Crippen molar-refractivity contribution < 1.29 is 14.4 Å². The van der Waals surface area contributed by atoms with Crippen molar-refractivity contribution >= 4 is 96.8 Å². The maximum Gasteiger partial charge on any atom is 0.272 e. The van der Waals surface area contributed by atoms with Crippen LogP contribution in [0.3, 0.4) is 0 Å². The molecule has 0 bridgehead atoms. The molecule has 1 aromatic heterocycles. The summed E-state index contributed by atoms with van der Waals surface area (Å²) in [6.07, 6.45) is 2.06. The second-order valence-corrected chi connectivity index (χ2v) is 14.0. The Morgan fingerprint density at radius 1 is 0.936 bits per heavy atom. The van der Waals surface area contributed by atoms with E-state index in [4.69, 9.17) is 23.2 Å². The molecule has 1 atom stereocenters. The summed E-state index contributed by atoms with van der Waals surface area (Å²) in [6.45, 7) is 1.94. The molecule has 5 rings (SSSR count). The van der Waals surface area contributed by atoms with Gasteiger partial charge in [0.2, 0.25) is 5.91 Å². The molecule has 0 aliphatic carbocycles. The van der Waals surface area contributed by atoms with Crippen LogP contribution in [0.25, 0.3) is 17.3 Å². The van der Waals surface area contributed by atoms with E-state index in [2.05, 4.69) is 36.9 Å². The summed E-state index contributed by atoms with van der Waals surface area (Å²) in [6, 6.07) is 28.4. The van der Waals surface area contributed by atoms with Crippen molar-refractivity contribution in [1.29, 1.82) is 0 Å². The third-order valence-electron chi connectivity index (χ3n) is 6.70. The summed E-state index contributed by atoms with van der Waals surface area (Å²) >= 11 is 18.6. The van der Waals surface area contributed by atoms with E-state index in [1.807, 2.05) is 42.6 Å². The third kappa shape index (κ3) is 9.56. The van der Waals surface area contributed by atoms with Crippen molar-refractivity contribution in [1.82, 2.24) is 10.3 Å². The van der Waals surface area contributed by atoms with Gasteiger partial charge in [-0.15, -0.1) is 23.1 Å². The molecule has 0 saturated heterocycles. The average Bonchev–Trinajstić information content (AvgIpc) is 3.53. The van der Waals surface area contributed by atoms with E-state index in [0.717, 1.165) is 20.6 Å². The Balaban J connectivity index is 1.29. The van der Waals surface area contributed by atoms with Gasteiger partial charge in [-0.3, -0.25) is 14.4 Å². The zero-order valence-electron chi connectivity index (χ0n) is 24.8. The molecule has 5 aromatic rings. The van der Waals surface area contributed by atoms with Gasteiger partial charge < -0.3 is 16.0 Å². The van der Waals surface area contributed by atoms with E-state index in [1.165, 1.54) is 29.2 Å². The van der Waals surface area contributed by atoms with E-state index in [1.54, 1.807) is 66.7 Å². The van der Waals surface area contributed by atoms with Gasteiger partial charge in [0, 0.05) is 41.6 Å². The topological polar surface area (TPSA) is 100 Å². The van der Waals surface area contributed by atoms with Crippen LogP contribution in [0.1, 0.15) is 29.3 Å². The first-order valence-electron chi connectivity index (χ1n) is 14.3. The Morgan fingerprint density at radius 3 is 2.43 bits per heavy atom. The largest absolute Gasteiger partial charge is 0.321 e. The summed E-state index contributed by atoms with van der Waals surface area (Å²) < 4.78 is 0.978. The predicted molar refractivity (Wildman–Crippen MR) is 197 cm³/mol. The Kier molecular flexibility index (Phi) is 11.9. The van der Waals surface area contributed by atoms with E-state index >= 15 is 0 Å². The van der Waals surface area contributed by atoms with Crippen LogP contribution < -0.4 is 16.0 Å². The molecule has 3 N–H and O–H groups in total. The van der Waals surface area contributed by atoms with Crippen molar-refractivity contribution in [3.8, 4) is 11.3 Å². The van der Waals surface area contributed by atoms with Crippen LogP contribution in [-0.2, 0) is 9.59 Å². The zero-order valence-corrected chi connectivity index (χ0v) is 29.5. The molecular formula is C35H27BrCl2N4O3S2. The molecule has 1 unspecified atom stereocenters. The zero-order chi connectivity index (χ0) is 33.3. The number of hydrogen-bond acceptors (Lipinski definition) is 6. The molecule has 47 heavy (non-hydrogen) atoms.